The zero-order valence-corrected chi connectivity index (χ0v) is 11.7. The molecule has 1 atom stereocenters. The molecule has 0 bridgehead atoms. The van der Waals surface area contributed by atoms with Crippen molar-refractivity contribution in [1.29, 1.82) is 0 Å². The van der Waals surface area contributed by atoms with Gasteiger partial charge in [0, 0.05) is 12.1 Å². The van der Waals surface area contributed by atoms with Crippen molar-refractivity contribution in [3.8, 4) is 0 Å². The molecular weight excluding hydrogens is 280 g/mol. The standard InChI is InChI=1S/C13H14N2O4S/c1-8-2-3-10-11(13(16)17)14-12(15(10)6-8)9-4-5-20(18,19)7-9/h2-3,6,9H,4-5,7H2,1H3,(H,16,17). The fourth-order valence-electron chi connectivity index (χ4n) is 2.66. The van der Waals surface area contributed by atoms with Gasteiger partial charge in [0.05, 0.1) is 17.0 Å². The maximum absolute atomic E-state index is 11.6. The van der Waals surface area contributed by atoms with Crippen molar-refractivity contribution in [2.45, 2.75) is 19.3 Å². The van der Waals surface area contributed by atoms with E-state index in [-0.39, 0.29) is 23.1 Å². The number of imidazole rings is 1. The number of sulfone groups is 1. The number of hydrogen-bond acceptors (Lipinski definition) is 4. The Balaban J connectivity index is 2.20. The third kappa shape index (κ3) is 2.07. The molecule has 0 spiro atoms. The number of carboxylic acid groups (broad SMARTS) is 1. The summed E-state index contributed by atoms with van der Waals surface area (Å²) in [6, 6.07) is 3.53. The van der Waals surface area contributed by atoms with Gasteiger partial charge < -0.3 is 9.51 Å². The Labute approximate surface area is 116 Å². The number of aromatic carboxylic acids is 1. The average molecular weight is 294 g/mol. The number of rotatable bonds is 2. The van der Waals surface area contributed by atoms with E-state index >= 15 is 0 Å². The van der Waals surface area contributed by atoms with Crippen LogP contribution in [0, 0.1) is 6.92 Å². The van der Waals surface area contributed by atoms with Crippen LogP contribution in [-0.2, 0) is 9.84 Å². The Kier molecular flexibility index (Phi) is 2.82. The summed E-state index contributed by atoms with van der Waals surface area (Å²) in [6.07, 6.45) is 2.30. The van der Waals surface area contributed by atoms with Crippen LogP contribution < -0.4 is 0 Å². The highest BCUT2D eigenvalue weighted by Gasteiger charge is 2.33. The highest BCUT2D eigenvalue weighted by molar-refractivity contribution is 7.91. The first-order valence-electron chi connectivity index (χ1n) is 6.30. The predicted octanol–water partition coefficient (Wildman–Crippen LogP) is 1.24. The molecule has 0 radical (unpaired) electrons. The zero-order chi connectivity index (χ0) is 14.5. The van der Waals surface area contributed by atoms with Crippen LogP contribution >= 0.6 is 0 Å². The summed E-state index contributed by atoms with van der Waals surface area (Å²) in [6.45, 7) is 1.90. The summed E-state index contributed by atoms with van der Waals surface area (Å²) in [5.74, 6) is -0.622. The summed E-state index contributed by atoms with van der Waals surface area (Å²) in [5, 5.41) is 9.22. The monoisotopic (exact) mass is 294 g/mol. The fourth-order valence-corrected chi connectivity index (χ4v) is 4.40. The van der Waals surface area contributed by atoms with Gasteiger partial charge in [0.15, 0.2) is 15.5 Å². The molecule has 0 saturated carbocycles. The Hall–Kier alpha value is -1.89. The lowest BCUT2D eigenvalue weighted by atomic mass is 10.1. The maximum atomic E-state index is 11.6. The minimum absolute atomic E-state index is 0.0238. The summed E-state index contributed by atoms with van der Waals surface area (Å²) in [7, 11) is -3.03. The predicted molar refractivity (Wildman–Crippen MR) is 72.9 cm³/mol. The molecule has 0 amide bonds. The second-order valence-electron chi connectivity index (χ2n) is 5.19. The van der Waals surface area contributed by atoms with Crippen molar-refractivity contribution in [2.75, 3.05) is 11.5 Å². The van der Waals surface area contributed by atoms with Crippen molar-refractivity contribution in [3.05, 3.63) is 35.4 Å². The second kappa shape index (κ2) is 4.31. The van der Waals surface area contributed by atoms with E-state index in [1.165, 1.54) is 0 Å². The third-order valence-corrected chi connectivity index (χ3v) is 5.38. The molecule has 106 valence electrons. The van der Waals surface area contributed by atoms with E-state index in [4.69, 9.17) is 0 Å². The van der Waals surface area contributed by atoms with Crippen LogP contribution in [-0.4, -0.2) is 40.4 Å². The summed E-state index contributed by atoms with van der Waals surface area (Å²) >= 11 is 0. The van der Waals surface area contributed by atoms with Gasteiger partial charge in [0.1, 0.15) is 5.82 Å². The second-order valence-corrected chi connectivity index (χ2v) is 7.41. The normalized spacial score (nSPS) is 21.4. The number of fused-ring (bicyclic) bond motifs is 1. The van der Waals surface area contributed by atoms with Crippen LogP contribution in [0.1, 0.15) is 34.2 Å². The lowest BCUT2D eigenvalue weighted by Gasteiger charge is -2.07. The van der Waals surface area contributed by atoms with E-state index < -0.39 is 15.8 Å². The Bertz CT molecular complexity index is 807. The Morgan fingerprint density at radius 3 is 2.80 bits per heavy atom. The highest BCUT2D eigenvalue weighted by atomic mass is 32.2. The van der Waals surface area contributed by atoms with Gasteiger partial charge in [0.2, 0.25) is 0 Å². The van der Waals surface area contributed by atoms with Crippen LogP contribution in [0.2, 0.25) is 0 Å². The number of aryl methyl sites for hydroxylation is 1. The molecule has 0 aliphatic carbocycles. The molecule has 20 heavy (non-hydrogen) atoms. The minimum atomic E-state index is -3.03. The van der Waals surface area contributed by atoms with E-state index in [1.807, 2.05) is 13.0 Å². The Morgan fingerprint density at radius 2 is 2.20 bits per heavy atom. The first-order chi connectivity index (χ1) is 9.37. The van der Waals surface area contributed by atoms with E-state index in [2.05, 4.69) is 4.98 Å². The molecule has 1 fully saturated rings. The quantitative estimate of drug-likeness (QED) is 0.900. The first-order valence-corrected chi connectivity index (χ1v) is 8.12. The largest absolute Gasteiger partial charge is 0.476 e. The maximum Gasteiger partial charge on any atom is 0.356 e. The van der Waals surface area contributed by atoms with E-state index in [9.17, 15) is 18.3 Å². The molecule has 7 heteroatoms. The smallest absolute Gasteiger partial charge is 0.356 e. The minimum Gasteiger partial charge on any atom is -0.476 e. The molecule has 1 saturated heterocycles. The lowest BCUT2D eigenvalue weighted by Crippen LogP contribution is -2.07. The number of carbonyl (C=O) groups is 1. The van der Waals surface area contributed by atoms with Gasteiger partial charge in [-0.3, -0.25) is 0 Å². The number of nitrogens with zero attached hydrogens (tertiary/aromatic N) is 2. The molecular formula is C13H14N2O4S. The topological polar surface area (TPSA) is 88.7 Å². The third-order valence-electron chi connectivity index (χ3n) is 3.61. The van der Waals surface area contributed by atoms with Gasteiger partial charge in [0.25, 0.3) is 0 Å². The van der Waals surface area contributed by atoms with E-state index in [0.29, 0.717) is 17.8 Å². The molecule has 6 nitrogen and oxygen atoms in total. The Morgan fingerprint density at radius 1 is 1.45 bits per heavy atom. The van der Waals surface area contributed by atoms with Gasteiger partial charge in [-0.05, 0) is 25.0 Å². The highest BCUT2D eigenvalue weighted by Crippen LogP contribution is 2.30. The van der Waals surface area contributed by atoms with Crippen molar-refractivity contribution < 1.29 is 18.3 Å². The van der Waals surface area contributed by atoms with Crippen LogP contribution in [0.25, 0.3) is 5.52 Å². The van der Waals surface area contributed by atoms with E-state index in [0.717, 1.165) is 5.56 Å². The lowest BCUT2D eigenvalue weighted by molar-refractivity contribution is 0.0693. The van der Waals surface area contributed by atoms with Gasteiger partial charge in [-0.15, -0.1) is 0 Å². The molecule has 1 aliphatic heterocycles. The number of hydrogen-bond donors (Lipinski definition) is 1. The summed E-state index contributed by atoms with van der Waals surface area (Å²) < 4.78 is 24.9. The number of carboxylic acids is 1. The average Bonchev–Trinajstić information content (AvgIpc) is 2.89. The molecule has 2 aromatic heterocycles. The van der Waals surface area contributed by atoms with Crippen molar-refractivity contribution >= 4 is 21.3 Å². The molecule has 1 unspecified atom stereocenters. The van der Waals surface area contributed by atoms with Gasteiger partial charge in [-0.2, -0.15) is 0 Å². The van der Waals surface area contributed by atoms with E-state index in [1.54, 1.807) is 16.7 Å². The van der Waals surface area contributed by atoms with Gasteiger partial charge >= 0.3 is 5.97 Å². The van der Waals surface area contributed by atoms with Crippen LogP contribution in [0.4, 0.5) is 0 Å². The zero-order valence-electron chi connectivity index (χ0n) is 10.9. The summed E-state index contributed by atoms with van der Waals surface area (Å²) in [5.41, 5.74) is 1.45. The molecule has 1 aliphatic rings. The van der Waals surface area contributed by atoms with Crippen molar-refractivity contribution in [2.24, 2.45) is 0 Å². The van der Waals surface area contributed by atoms with Crippen LogP contribution in [0.5, 0.6) is 0 Å². The molecule has 3 heterocycles. The van der Waals surface area contributed by atoms with Crippen LogP contribution in [0.3, 0.4) is 0 Å². The van der Waals surface area contributed by atoms with Gasteiger partial charge in [-0.25, -0.2) is 18.2 Å². The molecule has 2 aromatic rings. The van der Waals surface area contributed by atoms with Crippen molar-refractivity contribution in [1.82, 2.24) is 9.38 Å². The van der Waals surface area contributed by atoms with Crippen LogP contribution in [0.15, 0.2) is 18.3 Å². The number of pyridine rings is 1. The van der Waals surface area contributed by atoms with Crippen molar-refractivity contribution in [3.63, 3.8) is 0 Å². The molecule has 0 aromatic carbocycles. The number of aromatic nitrogens is 2. The summed E-state index contributed by atoms with van der Waals surface area (Å²) in [4.78, 5) is 15.4. The molecule has 1 N–H and O–H groups in total. The van der Waals surface area contributed by atoms with Gasteiger partial charge in [-0.1, -0.05) is 6.07 Å². The fraction of sp³-hybridized carbons (Fsp3) is 0.385. The first kappa shape index (κ1) is 13.1. The SMILES string of the molecule is Cc1ccc2c(C(=O)O)nc(C3CCS(=O)(=O)C3)n2c1. The molecule has 3 rings (SSSR count).